The lowest BCUT2D eigenvalue weighted by Gasteiger charge is -2.30. The van der Waals surface area contributed by atoms with Crippen molar-refractivity contribution in [3.05, 3.63) is 94.8 Å². The van der Waals surface area contributed by atoms with Gasteiger partial charge in [-0.2, -0.15) is 0 Å². The maximum atomic E-state index is 14.2. The van der Waals surface area contributed by atoms with Crippen molar-refractivity contribution in [2.45, 2.75) is 25.0 Å². The minimum absolute atomic E-state index is 0.214. The van der Waals surface area contributed by atoms with Crippen molar-refractivity contribution in [2.75, 3.05) is 9.80 Å². The number of anilines is 2. The van der Waals surface area contributed by atoms with Crippen LogP contribution in [-0.4, -0.2) is 23.8 Å². The molecule has 3 aromatic rings. The predicted molar refractivity (Wildman–Crippen MR) is 129 cm³/mol. The van der Waals surface area contributed by atoms with E-state index in [-0.39, 0.29) is 24.2 Å². The molecule has 2 saturated heterocycles. The number of para-hydroxylation sites is 1. The molecule has 3 amide bonds. The third kappa shape index (κ3) is 3.01. The number of rotatable bonds is 3. The van der Waals surface area contributed by atoms with E-state index in [0.717, 1.165) is 5.56 Å². The Morgan fingerprint density at radius 1 is 0.971 bits per heavy atom. The topological polar surface area (TPSA) is 69.7 Å². The molecule has 6 rings (SSSR count). The molecule has 176 valence electrons. The average Bonchev–Trinajstić information content (AvgIpc) is 3.39. The fourth-order valence-corrected chi connectivity index (χ4v) is 6.09. The van der Waals surface area contributed by atoms with Gasteiger partial charge in [-0.05, 0) is 48.9 Å². The van der Waals surface area contributed by atoms with Gasteiger partial charge in [0.1, 0.15) is 11.4 Å². The number of benzene rings is 3. The van der Waals surface area contributed by atoms with Gasteiger partial charge in [-0.25, -0.2) is 9.29 Å². The van der Waals surface area contributed by atoms with Gasteiger partial charge in [0.25, 0.3) is 5.91 Å². The maximum absolute atomic E-state index is 14.2. The Balaban J connectivity index is 1.46. The average molecular weight is 490 g/mol. The van der Waals surface area contributed by atoms with Crippen molar-refractivity contribution >= 4 is 40.7 Å². The van der Waals surface area contributed by atoms with Crippen LogP contribution in [0, 0.1) is 17.7 Å². The number of amides is 3. The van der Waals surface area contributed by atoms with Crippen LogP contribution < -0.4 is 15.1 Å². The smallest absolute Gasteiger partial charge is 0.253 e. The van der Waals surface area contributed by atoms with Gasteiger partial charge in [-0.3, -0.25) is 19.7 Å². The Morgan fingerprint density at radius 3 is 2.46 bits per heavy atom. The van der Waals surface area contributed by atoms with E-state index in [1.54, 1.807) is 41.3 Å². The minimum atomic E-state index is -1.37. The second kappa shape index (κ2) is 7.73. The summed E-state index contributed by atoms with van der Waals surface area (Å²) in [5.74, 6) is -3.03. The summed E-state index contributed by atoms with van der Waals surface area (Å²) in [6, 6.07) is 19.5. The van der Waals surface area contributed by atoms with Crippen LogP contribution >= 0.6 is 11.6 Å². The van der Waals surface area contributed by atoms with Crippen molar-refractivity contribution in [1.82, 2.24) is 5.32 Å². The van der Waals surface area contributed by atoms with Crippen LogP contribution in [-0.2, 0) is 26.5 Å². The number of imide groups is 1. The molecule has 35 heavy (non-hydrogen) atoms. The Hall–Kier alpha value is -3.55. The van der Waals surface area contributed by atoms with E-state index >= 15 is 0 Å². The molecular weight excluding hydrogens is 469 g/mol. The first-order chi connectivity index (χ1) is 16.8. The SMILES string of the molecule is C[C@@H]1N[C@]2(C(=O)N(Cc3ccc(F)cc3)c3ccccc32)[C@@H]2C(=O)N(c3cccc(Cl)c3)C(=O)[C@H]12. The van der Waals surface area contributed by atoms with Crippen molar-refractivity contribution in [3.63, 3.8) is 0 Å². The maximum Gasteiger partial charge on any atom is 0.253 e. The highest BCUT2D eigenvalue weighted by Gasteiger charge is 2.71. The zero-order valence-electron chi connectivity index (χ0n) is 18.7. The van der Waals surface area contributed by atoms with Crippen molar-refractivity contribution in [3.8, 4) is 0 Å². The zero-order valence-corrected chi connectivity index (χ0v) is 19.5. The Morgan fingerprint density at radius 2 is 1.71 bits per heavy atom. The first kappa shape index (κ1) is 21.9. The van der Waals surface area contributed by atoms with Crippen LogP contribution in [0.3, 0.4) is 0 Å². The number of hydrogen-bond donors (Lipinski definition) is 1. The zero-order chi connectivity index (χ0) is 24.5. The molecule has 0 bridgehead atoms. The summed E-state index contributed by atoms with van der Waals surface area (Å²) in [5, 5.41) is 3.77. The van der Waals surface area contributed by atoms with E-state index < -0.39 is 29.3 Å². The fourth-order valence-electron chi connectivity index (χ4n) is 5.91. The van der Waals surface area contributed by atoms with Crippen molar-refractivity contribution < 1.29 is 18.8 Å². The molecule has 0 aliphatic carbocycles. The first-order valence-electron chi connectivity index (χ1n) is 11.4. The molecule has 0 aromatic heterocycles. The van der Waals surface area contributed by atoms with Gasteiger partial charge in [0.15, 0.2) is 0 Å². The van der Waals surface area contributed by atoms with Gasteiger partial charge < -0.3 is 4.90 Å². The second-order valence-electron chi connectivity index (χ2n) is 9.27. The molecule has 6 nitrogen and oxygen atoms in total. The molecule has 4 atom stereocenters. The third-order valence-electron chi connectivity index (χ3n) is 7.33. The van der Waals surface area contributed by atoms with Crippen molar-refractivity contribution in [1.29, 1.82) is 0 Å². The van der Waals surface area contributed by atoms with Crippen LogP contribution in [0.1, 0.15) is 18.1 Å². The lowest BCUT2D eigenvalue weighted by molar-refractivity contribution is -0.132. The summed E-state index contributed by atoms with van der Waals surface area (Å²) < 4.78 is 13.5. The number of nitrogens with zero attached hydrogens (tertiary/aromatic N) is 2. The molecule has 3 heterocycles. The Labute approximate surface area is 206 Å². The summed E-state index contributed by atoms with van der Waals surface area (Å²) in [6.07, 6.45) is 0. The highest BCUT2D eigenvalue weighted by atomic mass is 35.5. The van der Waals surface area contributed by atoms with Crippen LogP contribution in [0.4, 0.5) is 15.8 Å². The number of hydrogen-bond acceptors (Lipinski definition) is 4. The number of carbonyl (C=O) groups is 3. The fraction of sp³-hybridized carbons (Fsp3) is 0.222. The number of carbonyl (C=O) groups excluding carboxylic acids is 3. The molecule has 8 heteroatoms. The van der Waals surface area contributed by atoms with Crippen LogP contribution in [0.15, 0.2) is 72.8 Å². The van der Waals surface area contributed by atoms with Crippen LogP contribution in [0.2, 0.25) is 5.02 Å². The van der Waals surface area contributed by atoms with Gasteiger partial charge in [0, 0.05) is 22.3 Å². The molecule has 1 spiro atoms. The lowest BCUT2D eigenvalue weighted by Crippen LogP contribution is -2.54. The quantitative estimate of drug-likeness (QED) is 0.564. The van der Waals surface area contributed by atoms with Crippen LogP contribution in [0.5, 0.6) is 0 Å². The second-order valence-corrected chi connectivity index (χ2v) is 9.71. The summed E-state index contributed by atoms with van der Waals surface area (Å²) in [7, 11) is 0. The number of halogens is 2. The van der Waals surface area contributed by atoms with Gasteiger partial charge in [0.05, 0.1) is 24.1 Å². The number of nitrogens with one attached hydrogen (secondary N) is 1. The first-order valence-corrected chi connectivity index (χ1v) is 11.8. The van der Waals surface area contributed by atoms with E-state index in [1.807, 2.05) is 31.2 Å². The van der Waals surface area contributed by atoms with E-state index in [9.17, 15) is 18.8 Å². The summed E-state index contributed by atoms with van der Waals surface area (Å²) in [5.41, 5.74) is 1.11. The molecular formula is C27H21ClFN3O3. The van der Waals surface area contributed by atoms with E-state index in [2.05, 4.69) is 5.32 Å². The predicted octanol–water partition coefficient (Wildman–Crippen LogP) is 4.02. The normalized spacial score (nSPS) is 27.2. The molecule has 0 unspecified atom stereocenters. The van der Waals surface area contributed by atoms with Gasteiger partial charge >= 0.3 is 0 Å². The molecule has 3 aromatic carbocycles. The highest BCUT2D eigenvalue weighted by molar-refractivity contribution is 6.31. The molecule has 0 radical (unpaired) electrons. The molecule has 1 N–H and O–H groups in total. The van der Waals surface area contributed by atoms with Gasteiger partial charge in [0.2, 0.25) is 11.8 Å². The lowest BCUT2D eigenvalue weighted by atomic mass is 9.76. The molecule has 2 fully saturated rings. The summed E-state index contributed by atoms with van der Waals surface area (Å²) in [4.78, 5) is 44.4. The van der Waals surface area contributed by atoms with E-state index in [1.165, 1.54) is 17.0 Å². The molecule has 0 saturated carbocycles. The third-order valence-corrected chi connectivity index (χ3v) is 7.57. The minimum Gasteiger partial charge on any atom is -0.306 e. The Bertz CT molecular complexity index is 1390. The highest BCUT2D eigenvalue weighted by Crippen LogP contribution is 2.55. The van der Waals surface area contributed by atoms with E-state index in [4.69, 9.17) is 11.6 Å². The monoisotopic (exact) mass is 489 g/mol. The molecule has 3 aliphatic rings. The summed E-state index contributed by atoms with van der Waals surface area (Å²) >= 11 is 6.14. The van der Waals surface area contributed by atoms with Crippen molar-refractivity contribution in [2.24, 2.45) is 11.8 Å². The largest absolute Gasteiger partial charge is 0.306 e. The van der Waals surface area contributed by atoms with Crippen LogP contribution in [0.25, 0.3) is 0 Å². The number of fused-ring (bicyclic) bond motifs is 4. The summed E-state index contributed by atoms with van der Waals surface area (Å²) in [6.45, 7) is 2.04. The van der Waals surface area contributed by atoms with Gasteiger partial charge in [-0.15, -0.1) is 0 Å². The van der Waals surface area contributed by atoms with E-state index in [0.29, 0.717) is 22.0 Å². The van der Waals surface area contributed by atoms with Gasteiger partial charge in [-0.1, -0.05) is 48.0 Å². The standard InChI is InChI=1S/C27H21ClFN3O3/c1-15-22-23(25(34)32(24(22)33)19-6-4-5-17(28)13-19)27(30-15)20-7-2-3-8-21(20)31(26(27)35)14-16-9-11-18(29)12-10-16/h2-13,15,22-23,30H,14H2,1H3/t15-,22+,23-,27-/m0/s1. The Kier molecular flexibility index (Phi) is 4.85. The molecule has 3 aliphatic heterocycles.